The Labute approximate surface area is 198 Å². The molecule has 1 N–H and O–H groups in total. The molecule has 1 aliphatic heterocycles. The number of hydrogen-bond acceptors (Lipinski definition) is 6. The van der Waals surface area contributed by atoms with Crippen LogP contribution in [0.4, 0.5) is 0 Å². The fraction of sp³-hybridized carbons (Fsp3) is 0.400. The van der Waals surface area contributed by atoms with Gasteiger partial charge in [-0.2, -0.15) is 0 Å². The van der Waals surface area contributed by atoms with Gasteiger partial charge in [-0.15, -0.1) is 0 Å². The van der Waals surface area contributed by atoms with Crippen LogP contribution >= 0.6 is 0 Å². The lowest BCUT2D eigenvalue weighted by molar-refractivity contribution is -0.135. The number of fused-ring (bicyclic) bond motifs is 1. The van der Waals surface area contributed by atoms with Crippen LogP contribution in [-0.2, 0) is 33.7 Å². The maximum atomic E-state index is 12.9. The van der Waals surface area contributed by atoms with Crippen molar-refractivity contribution in [2.24, 2.45) is 0 Å². The van der Waals surface area contributed by atoms with Gasteiger partial charge in [0.15, 0.2) is 11.5 Å². The molecule has 0 spiro atoms. The van der Waals surface area contributed by atoms with E-state index in [4.69, 9.17) is 19.2 Å². The molecular weight excluding hydrogens is 436 g/mol. The summed E-state index contributed by atoms with van der Waals surface area (Å²) in [6, 6.07) is 13.2. The van der Waals surface area contributed by atoms with Crippen molar-refractivity contribution in [2.75, 3.05) is 47.1 Å². The van der Waals surface area contributed by atoms with Crippen LogP contribution < -0.4 is 14.8 Å². The van der Waals surface area contributed by atoms with Gasteiger partial charge in [0.1, 0.15) is 12.4 Å². The molecule has 0 radical (unpaired) electrons. The Morgan fingerprint density at radius 2 is 1.82 bits per heavy atom. The zero-order valence-electron chi connectivity index (χ0n) is 19.6. The van der Waals surface area contributed by atoms with Gasteiger partial charge in [-0.05, 0) is 29.8 Å². The van der Waals surface area contributed by atoms with Crippen molar-refractivity contribution in [1.29, 1.82) is 0 Å². The molecule has 34 heavy (non-hydrogen) atoms. The van der Waals surface area contributed by atoms with E-state index in [-0.39, 0.29) is 24.8 Å². The van der Waals surface area contributed by atoms with E-state index < -0.39 is 0 Å². The second-order valence-electron chi connectivity index (χ2n) is 8.06. The average molecular weight is 467 g/mol. The first-order valence-electron chi connectivity index (χ1n) is 11.4. The van der Waals surface area contributed by atoms with Gasteiger partial charge in [0.05, 0.1) is 44.9 Å². The number of amides is 2. The van der Waals surface area contributed by atoms with Crippen LogP contribution in [0.1, 0.15) is 11.4 Å². The first-order valence-corrected chi connectivity index (χ1v) is 11.4. The topological polar surface area (TPSA) is 94.9 Å². The van der Waals surface area contributed by atoms with Crippen LogP contribution in [-0.4, -0.2) is 73.3 Å². The van der Waals surface area contributed by atoms with Gasteiger partial charge in [-0.25, -0.2) is 4.98 Å². The molecule has 9 nitrogen and oxygen atoms in total. The van der Waals surface area contributed by atoms with Crippen LogP contribution in [0.2, 0.25) is 0 Å². The molecule has 0 bridgehead atoms. The Bertz CT molecular complexity index is 1150. The molecule has 2 aromatic carbocycles. The molecule has 0 saturated carbocycles. The highest BCUT2D eigenvalue weighted by Crippen LogP contribution is 2.27. The smallest absolute Gasteiger partial charge is 0.242 e. The van der Waals surface area contributed by atoms with Crippen LogP contribution in [0.3, 0.4) is 0 Å². The lowest BCUT2D eigenvalue weighted by Gasteiger charge is -2.27. The average Bonchev–Trinajstić information content (AvgIpc) is 3.21. The van der Waals surface area contributed by atoms with Gasteiger partial charge in [-0.1, -0.05) is 18.2 Å². The number of ether oxygens (including phenoxy) is 3. The van der Waals surface area contributed by atoms with E-state index in [9.17, 15) is 9.59 Å². The van der Waals surface area contributed by atoms with Gasteiger partial charge in [0.2, 0.25) is 11.8 Å². The second kappa shape index (κ2) is 11.0. The fourth-order valence-electron chi connectivity index (χ4n) is 4.09. The lowest BCUT2D eigenvalue weighted by atomic mass is 10.1. The highest BCUT2D eigenvalue weighted by molar-refractivity contribution is 5.81. The number of carbonyl (C=O) groups excluding carboxylic acids is 2. The first-order chi connectivity index (χ1) is 16.6. The normalized spacial score (nSPS) is 13.6. The summed E-state index contributed by atoms with van der Waals surface area (Å²) in [7, 11) is 3.14. The number of rotatable bonds is 9. The SMILES string of the molecule is COc1ccc(CC(=O)NCCc2nc3ccccc3n2CC(=O)N2CCOCC2)cc1OC. The van der Waals surface area contributed by atoms with Crippen molar-refractivity contribution < 1.29 is 23.8 Å². The van der Waals surface area contributed by atoms with E-state index in [1.807, 2.05) is 39.8 Å². The lowest BCUT2D eigenvalue weighted by Crippen LogP contribution is -2.42. The monoisotopic (exact) mass is 466 g/mol. The summed E-state index contributed by atoms with van der Waals surface area (Å²) in [5.74, 6) is 1.93. The number of nitrogens with zero attached hydrogens (tertiary/aromatic N) is 3. The van der Waals surface area contributed by atoms with Crippen LogP contribution in [0.25, 0.3) is 11.0 Å². The zero-order valence-corrected chi connectivity index (χ0v) is 19.6. The largest absolute Gasteiger partial charge is 0.493 e. The molecule has 1 aromatic heterocycles. The van der Waals surface area contributed by atoms with Crippen molar-refractivity contribution in [3.05, 3.63) is 53.9 Å². The molecule has 1 aliphatic rings. The van der Waals surface area contributed by atoms with E-state index in [0.717, 1.165) is 22.4 Å². The minimum Gasteiger partial charge on any atom is -0.493 e. The molecular formula is C25H30N4O5. The second-order valence-corrected chi connectivity index (χ2v) is 8.06. The molecule has 9 heteroatoms. The number of methoxy groups -OCH3 is 2. The number of imidazole rings is 1. The van der Waals surface area contributed by atoms with Gasteiger partial charge in [0, 0.05) is 26.1 Å². The Balaban J connectivity index is 1.39. The van der Waals surface area contributed by atoms with Gasteiger partial charge in [0.25, 0.3) is 0 Å². The standard InChI is InChI=1S/C25H30N4O5/c1-32-21-8-7-18(15-22(21)33-2)16-24(30)26-10-9-23-27-19-5-3-4-6-20(19)29(23)17-25(31)28-11-13-34-14-12-28/h3-8,15H,9-14,16-17H2,1-2H3,(H,26,30). The predicted octanol–water partition coefficient (Wildman–Crippen LogP) is 1.81. The molecule has 3 aromatic rings. The Kier molecular flexibility index (Phi) is 7.64. The zero-order chi connectivity index (χ0) is 23.9. The Morgan fingerprint density at radius 1 is 1.06 bits per heavy atom. The van der Waals surface area contributed by atoms with Crippen molar-refractivity contribution >= 4 is 22.8 Å². The summed E-state index contributed by atoms with van der Waals surface area (Å²) in [6.07, 6.45) is 0.745. The number of aromatic nitrogens is 2. The minimum absolute atomic E-state index is 0.0465. The molecule has 0 aliphatic carbocycles. The van der Waals surface area contributed by atoms with Crippen LogP contribution in [0, 0.1) is 0 Å². The molecule has 2 heterocycles. The van der Waals surface area contributed by atoms with Crippen molar-refractivity contribution in [3.63, 3.8) is 0 Å². The van der Waals surface area contributed by atoms with Crippen molar-refractivity contribution in [3.8, 4) is 11.5 Å². The van der Waals surface area contributed by atoms with Crippen molar-refractivity contribution in [1.82, 2.24) is 19.8 Å². The predicted molar refractivity (Wildman–Crippen MR) is 127 cm³/mol. The molecule has 180 valence electrons. The minimum atomic E-state index is -0.0979. The summed E-state index contributed by atoms with van der Waals surface area (Å²) in [4.78, 5) is 31.9. The van der Waals surface area contributed by atoms with E-state index in [1.165, 1.54) is 0 Å². The maximum Gasteiger partial charge on any atom is 0.242 e. The number of morpholine rings is 1. The summed E-state index contributed by atoms with van der Waals surface area (Å²) in [5.41, 5.74) is 2.58. The third-order valence-electron chi connectivity index (χ3n) is 5.87. The van der Waals surface area contributed by atoms with Gasteiger partial charge < -0.3 is 29.0 Å². The first kappa shape index (κ1) is 23.6. The van der Waals surface area contributed by atoms with Gasteiger partial charge in [-0.3, -0.25) is 9.59 Å². The summed E-state index contributed by atoms with van der Waals surface area (Å²) >= 11 is 0. The maximum absolute atomic E-state index is 12.9. The summed E-state index contributed by atoms with van der Waals surface area (Å²) in [5, 5.41) is 2.96. The number of benzene rings is 2. The molecule has 1 fully saturated rings. The summed E-state index contributed by atoms with van der Waals surface area (Å²) in [6.45, 7) is 2.97. The van der Waals surface area contributed by atoms with E-state index >= 15 is 0 Å². The van der Waals surface area contributed by atoms with Crippen LogP contribution in [0.5, 0.6) is 11.5 Å². The number of nitrogens with one attached hydrogen (secondary N) is 1. The Morgan fingerprint density at radius 3 is 2.59 bits per heavy atom. The molecule has 0 atom stereocenters. The Hall–Kier alpha value is -3.59. The third kappa shape index (κ3) is 5.48. The van der Waals surface area contributed by atoms with Gasteiger partial charge >= 0.3 is 0 Å². The quantitative estimate of drug-likeness (QED) is 0.517. The highest BCUT2D eigenvalue weighted by atomic mass is 16.5. The van der Waals surface area contributed by atoms with Crippen LogP contribution in [0.15, 0.2) is 42.5 Å². The van der Waals surface area contributed by atoms with E-state index in [2.05, 4.69) is 5.32 Å². The molecule has 2 amide bonds. The van der Waals surface area contributed by atoms with Crippen molar-refractivity contribution in [2.45, 2.75) is 19.4 Å². The number of hydrogen-bond donors (Lipinski definition) is 1. The summed E-state index contributed by atoms with van der Waals surface area (Å²) < 4.78 is 17.9. The third-order valence-corrected chi connectivity index (χ3v) is 5.87. The number of carbonyl (C=O) groups is 2. The van der Waals surface area contributed by atoms with E-state index in [1.54, 1.807) is 26.4 Å². The molecule has 4 rings (SSSR count). The molecule has 0 unspecified atom stereocenters. The number of para-hydroxylation sites is 2. The highest BCUT2D eigenvalue weighted by Gasteiger charge is 2.20. The van der Waals surface area contributed by atoms with E-state index in [0.29, 0.717) is 50.8 Å². The fourth-order valence-corrected chi connectivity index (χ4v) is 4.09. The molecule has 1 saturated heterocycles.